The second kappa shape index (κ2) is 10.2. The van der Waals surface area contributed by atoms with Crippen LogP contribution in [0.5, 0.6) is 0 Å². The molecule has 1 heterocycles. The fourth-order valence-corrected chi connectivity index (χ4v) is 3.74. The Balaban J connectivity index is 1.65. The van der Waals surface area contributed by atoms with Gasteiger partial charge < -0.3 is 10.2 Å². The molecule has 3 rings (SSSR count). The Bertz CT molecular complexity index is 968. The number of amides is 4. The smallest absolute Gasteiger partial charge is 0.261 e. The molecular weight excluding hydrogens is 406 g/mol. The SMILES string of the molecule is CC(C)NC(=O)C(C)N(Cc1ccccc1)C(=O)CCCN1C(=O)c2ccccc2C1=O. The zero-order chi connectivity index (χ0) is 23.3. The Labute approximate surface area is 188 Å². The molecule has 0 saturated carbocycles. The summed E-state index contributed by atoms with van der Waals surface area (Å²) in [6, 6.07) is 15.5. The van der Waals surface area contributed by atoms with Crippen molar-refractivity contribution in [1.29, 1.82) is 0 Å². The summed E-state index contributed by atoms with van der Waals surface area (Å²) in [7, 11) is 0. The summed E-state index contributed by atoms with van der Waals surface area (Å²) in [6.07, 6.45) is 0.452. The van der Waals surface area contributed by atoms with Crippen molar-refractivity contribution in [2.45, 2.75) is 52.2 Å². The summed E-state index contributed by atoms with van der Waals surface area (Å²) in [4.78, 5) is 53.4. The fraction of sp³-hybridized carbons (Fsp3) is 0.360. The predicted molar refractivity (Wildman–Crippen MR) is 121 cm³/mol. The molecule has 0 fully saturated rings. The van der Waals surface area contributed by atoms with E-state index in [1.54, 1.807) is 36.1 Å². The molecule has 0 aromatic heterocycles. The number of hydrogen-bond donors (Lipinski definition) is 1. The number of rotatable bonds is 9. The number of carbonyl (C=O) groups is 4. The molecule has 0 radical (unpaired) electrons. The van der Waals surface area contributed by atoms with E-state index in [9.17, 15) is 19.2 Å². The Hall–Kier alpha value is -3.48. The second-order valence-corrected chi connectivity index (χ2v) is 8.26. The molecule has 32 heavy (non-hydrogen) atoms. The van der Waals surface area contributed by atoms with Crippen molar-refractivity contribution < 1.29 is 19.2 Å². The van der Waals surface area contributed by atoms with Gasteiger partial charge in [0, 0.05) is 25.6 Å². The minimum Gasteiger partial charge on any atom is -0.352 e. The summed E-state index contributed by atoms with van der Waals surface area (Å²) < 4.78 is 0. The highest BCUT2D eigenvalue weighted by Crippen LogP contribution is 2.23. The first-order valence-electron chi connectivity index (χ1n) is 10.9. The van der Waals surface area contributed by atoms with Gasteiger partial charge in [0.05, 0.1) is 11.1 Å². The van der Waals surface area contributed by atoms with Gasteiger partial charge in [-0.2, -0.15) is 0 Å². The van der Waals surface area contributed by atoms with Gasteiger partial charge in [0.15, 0.2) is 0 Å². The van der Waals surface area contributed by atoms with Crippen molar-refractivity contribution in [3.05, 3.63) is 71.3 Å². The van der Waals surface area contributed by atoms with Crippen LogP contribution in [0.2, 0.25) is 0 Å². The summed E-state index contributed by atoms with van der Waals surface area (Å²) >= 11 is 0. The van der Waals surface area contributed by atoms with Gasteiger partial charge >= 0.3 is 0 Å². The van der Waals surface area contributed by atoms with E-state index >= 15 is 0 Å². The zero-order valence-electron chi connectivity index (χ0n) is 18.7. The Morgan fingerprint density at radius 1 is 0.906 bits per heavy atom. The van der Waals surface area contributed by atoms with Crippen LogP contribution in [0.3, 0.4) is 0 Å². The van der Waals surface area contributed by atoms with E-state index in [-0.39, 0.29) is 42.6 Å². The lowest BCUT2D eigenvalue weighted by Gasteiger charge is -2.29. The first-order valence-corrected chi connectivity index (χ1v) is 10.9. The van der Waals surface area contributed by atoms with Crippen LogP contribution in [0, 0.1) is 0 Å². The number of imide groups is 1. The van der Waals surface area contributed by atoms with Gasteiger partial charge in [-0.05, 0) is 44.9 Å². The van der Waals surface area contributed by atoms with Crippen LogP contribution in [0.1, 0.15) is 59.9 Å². The van der Waals surface area contributed by atoms with Crippen LogP contribution in [-0.4, -0.2) is 52.1 Å². The van der Waals surface area contributed by atoms with E-state index < -0.39 is 6.04 Å². The number of carbonyl (C=O) groups excluding carboxylic acids is 4. The van der Waals surface area contributed by atoms with Crippen molar-refractivity contribution in [2.75, 3.05) is 6.54 Å². The highest BCUT2D eigenvalue weighted by molar-refractivity contribution is 6.21. The Morgan fingerprint density at radius 3 is 2.03 bits per heavy atom. The largest absolute Gasteiger partial charge is 0.352 e. The molecule has 2 aromatic rings. The number of nitrogens with one attached hydrogen (secondary N) is 1. The Morgan fingerprint density at radius 2 is 1.47 bits per heavy atom. The lowest BCUT2D eigenvalue weighted by atomic mass is 10.1. The molecule has 1 aliphatic heterocycles. The van der Waals surface area contributed by atoms with Gasteiger partial charge in [-0.15, -0.1) is 0 Å². The molecule has 1 atom stereocenters. The van der Waals surface area contributed by atoms with Crippen LogP contribution in [0.15, 0.2) is 54.6 Å². The maximum atomic E-state index is 13.1. The number of fused-ring (bicyclic) bond motifs is 1. The van der Waals surface area contributed by atoms with Crippen molar-refractivity contribution in [3.8, 4) is 0 Å². The highest BCUT2D eigenvalue weighted by atomic mass is 16.2. The van der Waals surface area contributed by atoms with Gasteiger partial charge in [0.2, 0.25) is 11.8 Å². The van der Waals surface area contributed by atoms with Gasteiger partial charge in [0.25, 0.3) is 11.8 Å². The molecule has 0 spiro atoms. The molecule has 0 aliphatic carbocycles. The lowest BCUT2D eigenvalue weighted by Crippen LogP contribution is -2.49. The molecule has 0 saturated heterocycles. The van der Waals surface area contributed by atoms with Crippen LogP contribution >= 0.6 is 0 Å². The molecule has 2 aromatic carbocycles. The highest BCUT2D eigenvalue weighted by Gasteiger charge is 2.35. The van der Waals surface area contributed by atoms with Gasteiger partial charge in [-0.25, -0.2) is 0 Å². The molecular formula is C25H29N3O4. The molecule has 1 unspecified atom stereocenters. The summed E-state index contributed by atoms with van der Waals surface area (Å²) in [5, 5.41) is 2.86. The van der Waals surface area contributed by atoms with Crippen molar-refractivity contribution in [1.82, 2.24) is 15.1 Å². The second-order valence-electron chi connectivity index (χ2n) is 8.26. The van der Waals surface area contributed by atoms with E-state index in [4.69, 9.17) is 0 Å². The minimum atomic E-state index is -0.649. The topological polar surface area (TPSA) is 86.8 Å². The average Bonchev–Trinajstić information content (AvgIpc) is 3.02. The van der Waals surface area contributed by atoms with Crippen LogP contribution < -0.4 is 5.32 Å². The normalized spacial score (nSPS) is 13.8. The van der Waals surface area contributed by atoms with Crippen LogP contribution in [-0.2, 0) is 16.1 Å². The van der Waals surface area contributed by atoms with Gasteiger partial charge in [0.1, 0.15) is 6.04 Å². The summed E-state index contributed by atoms with van der Waals surface area (Å²) in [5.74, 6) is -1.07. The van der Waals surface area contributed by atoms with Crippen LogP contribution in [0.4, 0.5) is 0 Å². The minimum absolute atomic E-state index is 0.0348. The Kier molecular flexibility index (Phi) is 7.41. The quantitative estimate of drug-likeness (QED) is 0.614. The van der Waals surface area contributed by atoms with Gasteiger partial charge in [-0.1, -0.05) is 42.5 Å². The van der Waals surface area contributed by atoms with Crippen molar-refractivity contribution in [2.24, 2.45) is 0 Å². The van der Waals surface area contributed by atoms with E-state index in [0.717, 1.165) is 5.56 Å². The average molecular weight is 436 g/mol. The summed E-state index contributed by atoms with van der Waals surface area (Å²) in [6.45, 7) is 5.91. The van der Waals surface area contributed by atoms with E-state index in [0.29, 0.717) is 24.1 Å². The molecule has 1 N–H and O–H groups in total. The molecule has 0 bridgehead atoms. The van der Waals surface area contributed by atoms with E-state index in [1.165, 1.54) is 4.90 Å². The molecule has 7 heteroatoms. The molecule has 7 nitrogen and oxygen atoms in total. The maximum absolute atomic E-state index is 13.1. The first-order chi connectivity index (χ1) is 15.3. The number of nitrogens with zero attached hydrogens (tertiary/aromatic N) is 2. The third-order valence-electron chi connectivity index (χ3n) is 5.44. The maximum Gasteiger partial charge on any atom is 0.261 e. The zero-order valence-corrected chi connectivity index (χ0v) is 18.7. The first kappa shape index (κ1) is 23.2. The van der Waals surface area contributed by atoms with Crippen molar-refractivity contribution >= 4 is 23.6 Å². The molecule has 168 valence electrons. The summed E-state index contributed by atoms with van der Waals surface area (Å²) in [5.41, 5.74) is 1.72. The number of hydrogen-bond acceptors (Lipinski definition) is 4. The standard InChI is InChI=1S/C25H29N3O4/c1-17(2)26-23(30)18(3)28(16-19-10-5-4-6-11-19)22(29)14-9-15-27-24(31)20-12-7-8-13-21(20)25(27)32/h4-8,10-13,17-18H,9,14-16H2,1-3H3,(H,26,30). The van der Waals surface area contributed by atoms with Crippen LogP contribution in [0.25, 0.3) is 0 Å². The third kappa shape index (κ3) is 5.22. The van der Waals surface area contributed by atoms with E-state index in [2.05, 4.69) is 5.32 Å². The van der Waals surface area contributed by atoms with Crippen molar-refractivity contribution in [3.63, 3.8) is 0 Å². The fourth-order valence-electron chi connectivity index (χ4n) is 3.74. The number of benzene rings is 2. The third-order valence-corrected chi connectivity index (χ3v) is 5.44. The predicted octanol–water partition coefficient (Wildman–Crippen LogP) is 3.00. The lowest BCUT2D eigenvalue weighted by molar-refractivity contribution is -0.140. The van der Waals surface area contributed by atoms with Gasteiger partial charge in [-0.3, -0.25) is 24.1 Å². The molecule has 4 amide bonds. The van der Waals surface area contributed by atoms with E-state index in [1.807, 2.05) is 44.2 Å². The monoisotopic (exact) mass is 435 g/mol. The molecule has 1 aliphatic rings.